The number of carboxylic acid groups (broad SMARTS) is 1. The summed E-state index contributed by atoms with van der Waals surface area (Å²) in [6.45, 7) is 1.92. The zero-order valence-electron chi connectivity index (χ0n) is 8.86. The van der Waals surface area contributed by atoms with Crippen LogP contribution in [-0.4, -0.2) is 18.2 Å². The number of carboxylic acids is 1. The van der Waals surface area contributed by atoms with Crippen LogP contribution in [-0.2, 0) is 16.0 Å². The molecule has 0 fully saturated rings. The second-order valence-corrected chi connectivity index (χ2v) is 3.31. The topological polar surface area (TPSA) is 46.5 Å². The molecule has 0 aliphatic heterocycles. The van der Waals surface area contributed by atoms with Crippen molar-refractivity contribution >= 4 is 11.5 Å². The first-order chi connectivity index (χ1) is 7.13. The summed E-state index contributed by atoms with van der Waals surface area (Å²) in [6.07, 6.45) is 1.69. The average Bonchev–Trinajstić information content (AvgIpc) is 2.17. The summed E-state index contributed by atoms with van der Waals surface area (Å²) in [7, 11) is 1.59. The van der Waals surface area contributed by atoms with Gasteiger partial charge < -0.3 is 9.84 Å². The lowest BCUT2D eigenvalue weighted by Gasteiger charge is -2.03. The van der Waals surface area contributed by atoms with E-state index in [9.17, 15) is 4.79 Å². The number of carbonyl (C=O) groups is 1. The zero-order valence-corrected chi connectivity index (χ0v) is 8.86. The Morgan fingerprint density at radius 3 is 2.87 bits per heavy atom. The molecule has 3 heteroatoms. The first-order valence-corrected chi connectivity index (χ1v) is 4.64. The van der Waals surface area contributed by atoms with E-state index in [1.54, 1.807) is 19.4 Å². The van der Waals surface area contributed by atoms with E-state index in [4.69, 9.17) is 9.84 Å². The van der Waals surface area contributed by atoms with E-state index in [1.807, 2.05) is 25.1 Å². The van der Waals surface area contributed by atoms with E-state index >= 15 is 0 Å². The minimum atomic E-state index is -0.819. The largest absolute Gasteiger partial charge is 0.504 e. The maximum atomic E-state index is 10.5. The number of benzene rings is 1. The summed E-state index contributed by atoms with van der Waals surface area (Å²) in [5.41, 5.74) is 2.75. The maximum Gasteiger partial charge on any atom is 0.307 e. The smallest absolute Gasteiger partial charge is 0.307 e. The van der Waals surface area contributed by atoms with Gasteiger partial charge in [-0.25, -0.2) is 0 Å². The Balaban J connectivity index is 2.92. The quantitative estimate of drug-likeness (QED) is 0.769. The number of ether oxygens (including phenoxy) is 1. The van der Waals surface area contributed by atoms with Gasteiger partial charge in [0.1, 0.15) is 0 Å². The highest BCUT2D eigenvalue weighted by atomic mass is 16.5. The molecular weight excluding hydrogens is 192 g/mol. The summed E-state index contributed by atoms with van der Waals surface area (Å²) < 4.78 is 4.90. The maximum absolute atomic E-state index is 10.5. The standard InChI is InChI=1S/C12H14O3/c1-9(8-15-2)11-5-3-4-10(6-11)7-12(13)14/h3-6,8H,7H2,1-2H3,(H,13,14). The predicted octanol–water partition coefficient (Wildman–Crippen LogP) is 2.32. The van der Waals surface area contributed by atoms with Crippen LogP contribution in [0.4, 0.5) is 0 Å². The third-order valence-electron chi connectivity index (χ3n) is 2.03. The predicted molar refractivity (Wildman–Crippen MR) is 58.4 cm³/mol. The van der Waals surface area contributed by atoms with Gasteiger partial charge in [-0.05, 0) is 23.6 Å². The summed E-state index contributed by atoms with van der Waals surface area (Å²) in [4.78, 5) is 10.5. The molecule has 0 saturated heterocycles. The first kappa shape index (κ1) is 11.3. The Bertz CT molecular complexity index is 380. The van der Waals surface area contributed by atoms with E-state index in [2.05, 4.69) is 0 Å². The SMILES string of the molecule is COC=C(C)c1cccc(CC(=O)O)c1. The van der Waals surface area contributed by atoms with Gasteiger partial charge in [0.25, 0.3) is 0 Å². The Morgan fingerprint density at radius 1 is 1.53 bits per heavy atom. The summed E-state index contributed by atoms with van der Waals surface area (Å²) in [5.74, 6) is -0.819. The fourth-order valence-electron chi connectivity index (χ4n) is 1.35. The van der Waals surface area contributed by atoms with Crippen molar-refractivity contribution in [3.05, 3.63) is 41.7 Å². The van der Waals surface area contributed by atoms with E-state index in [0.29, 0.717) is 0 Å². The number of rotatable bonds is 4. The van der Waals surface area contributed by atoms with Crippen LogP contribution in [0.1, 0.15) is 18.1 Å². The third kappa shape index (κ3) is 3.46. The molecule has 0 amide bonds. The van der Waals surface area contributed by atoms with Gasteiger partial charge in [0.15, 0.2) is 0 Å². The van der Waals surface area contributed by atoms with E-state index in [-0.39, 0.29) is 6.42 Å². The minimum Gasteiger partial charge on any atom is -0.504 e. The summed E-state index contributed by atoms with van der Waals surface area (Å²) >= 11 is 0. The average molecular weight is 206 g/mol. The first-order valence-electron chi connectivity index (χ1n) is 4.64. The molecule has 0 aliphatic rings. The van der Waals surface area contributed by atoms with E-state index < -0.39 is 5.97 Å². The molecule has 1 aromatic carbocycles. The van der Waals surface area contributed by atoms with E-state index in [1.165, 1.54) is 0 Å². The molecule has 0 heterocycles. The molecular formula is C12H14O3. The molecule has 0 saturated carbocycles. The lowest BCUT2D eigenvalue weighted by molar-refractivity contribution is -0.136. The third-order valence-corrected chi connectivity index (χ3v) is 2.03. The molecule has 0 aliphatic carbocycles. The van der Waals surface area contributed by atoms with Crippen molar-refractivity contribution in [2.24, 2.45) is 0 Å². The Kier molecular flexibility index (Phi) is 3.92. The molecule has 1 N–H and O–H groups in total. The second-order valence-electron chi connectivity index (χ2n) is 3.31. The normalized spacial score (nSPS) is 11.2. The highest BCUT2D eigenvalue weighted by Gasteiger charge is 2.02. The van der Waals surface area contributed by atoms with Crippen LogP contribution in [0.2, 0.25) is 0 Å². The van der Waals surface area contributed by atoms with Crippen molar-refractivity contribution in [2.45, 2.75) is 13.3 Å². The van der Waals surface area contributed by atoms with Gasteiger partial charge in [-0.15, -0.1) is 0 Å². The molecule has 80 valence electrons. The number of methoxy groups -OCH3 is 1. The molecule has 0 atom stereocenters. The van der Waals surface area contributed by atoms with Crippen LogP contribution in [0.25, 0.3) is 5.57 Å². The summed E-state index contributed by atoms with van der Waals surface area (Å²) in [5, 5.41) is 8.66. The van der Waals surface area contributed by atoms with Crippen molar-refractivity contribution in [1.82, 2.24) is 0 Å². The second kappa shape index (κ2) is 5.20. The van der Waals surface area contributed by atoms with Crippen LogP contribution in [0.5, 0.6) is 0 Å². The molecule has 0 spiro atoms. The van der Waals surface area contributed by atoms with Gasteiger partial charge in [0, 0.05) is 0 Å². The van der Waals surface area contributed by atoms with Crippen molar-refractivity contribution in [3.8, 4) is 0 Å². The van der Waals surface area contributed by atoms with Gasteiger partial charge in [0.2, 0.25) is 0 Å². The molecule has 0 bridgehead atoms. The number of allylic oxidation sites excluding steroid dienone is 1. The Hall–Kier alpha value is -1.77. The highest BCUT2D eigenvalue weighted by molar-refractivity contribution is 5.71. The van der Waals surface area contributed by atoms with Gasteiger partial charge in [0.05, 0.1) is 19.8 Å². The molecule has 1 rings (SSSR count). The monoisotopic (exact) mass is 206 g/mol. The van der Waals surface area contributed by atoms with E-state index in [0.717, 1.165) is 16.7 Å². The molecule has 0 unspecified atom stereocenters. The molecule has 15 heavy (non-hydrogen) atoms. The van der Waals surface area contributed by atoms with Crippen LogP contribution in [0, 0.1) is 0 Å². The van der Waals surface area contributed by atoms with Crippen LogP contribution in [0.15, 0.2) is 30.5 Å². The fourth-order valence-corrected chi connectivity index (χ4v) is 1.35. The fraction of sp³-hybridized carbons (Fsp3) is 0.250. The number of hydrogen-bond donors (Lipinski definition) is 1. The van der Waals surface area contributed by atoms with Crippen LogP contribution in [0.3, 0.4) is 0 Å². The highest BCUT2D eigenvalue weighted by Crippen LogP contribution is 2.15. The van der Waals surface area contributed by atoms with Crippen LogP contribution < -0.4 is 0 Å². The molecule has 0 radical (unpaired) electrons. The lowest BCUT2D eigenvalue weighted by Crippen LogP contribution is -2.00. The van der Waals surface area contributed by atoms with Gasteiger partial charge in [-0.1, -0.05) is 24.3 Å². The Morgan fingerprint density at radius 2 is 2.27 bits per heavy atom. The lowest BCUT2D eigenvalue weighted by atomic mass is 10.0. The molecule has 3 nitrogen and oxygen atoms in total. The summed E-state index contributed by atoms with van der Waals surface area (Å²) in [6, 6.07) is 7.44. The van der Waals surface area contributed by atoms with Crippen molar-refractivity contribution < 1.29 is 14.6 Å². The number of hydrogen-bond acceptors (Lipinski definition) is 2. The zero-order chi connectivity index (χ0) is 11.3. The molecule has 0 aromatic heterocycles. The van der Waals surface area contributed by atoms with Gasteiger partial charge in [-0.3, -0.25) is 4.79 Å². The molecule has 1 aromatic rings. The van der Waals surface area contributed by atoms with Crippen molar-refractivity contribution in [1.29, 1.82) is 0 Å². The minimum absolute atomic E-state index is 0.0497. The van der Waals surface area contributed by atoms with Crippen molar-refractivity contribution in [3.63, 3.8) is 0 Å². The van der Waals surface area contributed by atoms with Gasteiger partial charge in [-0.2, -0.15) is 0 Å². The Labute approximate surface area is 89.0 Å². The van der Waals surface area contributed by atoms with Crippen LogP contribution >= 0.6 is 0 Å². The van der Waals surface area contributed by atoms with Crippen molar-refractivity contribution in [2.75, 3.05) is 7.11 Å². The van der Waals surface area contributed by atoms with Gasteiger partial charge >= 0.3 is 5.97 Å². The number of aliphatic carboxylic acids is 1.